The molecule has 16 heavy (non-hydrogen) atoms. The van der Waals surface area contributed by atoms with Gasteiger partial charge in [0.1, 0.15) is 12.4 Å². The number of hydrogen-bond acceptors (Lipinski definition) is 2. The first kappa shape index (κ1) is 13.6. The maximum Gasteiger partial charge on any atom is 0.128 e. The summed E-state index contributed by atoms with van der Waals surface area (Å²) in [6.45, 7) is 4.22. The van der Waals surface area contributed by atoms with Crippen molar-refractivity contribution in [3.63, 3.8) is 0 Å². The van der Waals surface area contributed by atoms with Crippen molar-refractivity contribution in [2.24, 2.45) is 0 Å². The highest BCUT2D eigenvalue weighted by Gasteiger charge is 2.08. The normalized spacial score (nSPS) is 11.7. The van der Waals surface area contributed by atoms with Gasteiger partial charge in [0.25, 0.3) is 0 Å². The van der Waals surface area contributed by atoms with E-state index in [9.17, 15) is 5.11 Å². The molecule has 0 unspecified atom stereocenters. The number of halogens is 2. The van der Waals surface area contributed by atoms with E-state index < -0.39 is 0 Å². The Morgan fingerprint density at radius 3 is 2.81 bits per heavy atom. The van der Waals surface area contributed by atoms with E-state index in [1.165, 1.54) is 5.54 Å². The topological polar surface area (TPSA) is 29.5 Å². The molecular formula is C12H14BrClO2. The van der Waals surface area contributed by atoms with Crippen molar-refractivity contribution in [3.05, 3.63) is 38.8 Å². The molecule has 4 heteroatoms. The van der Waals surface area contributed by atoms with Gasteiger partial charge < -0.3 is 9.84 Å². The van der Waals surface area contributed by atoms with Gasteiger partial charge in [-0.25, -0.2) is 0 Å². The fourth-order valence-corrected chi connectivity index (χ4v) is 2.02. The highest BCUT2D eigenvalue weighted by molar-refractivity contribution is 9.10. The van der Waals surface area contributed by atoms with Gasteiger partial charge in [0.15, 0.2) is 0 Å². The summed E-state index contributed by atoms with van der Waals surface area (Å²) in [5.41, 5.74) is 4.19. The zero-order chi connectivity index (χ0) is 12.1. The van der Waals surface area contributed by atoms with Crippen molar-refractivity contribution in [2.75, 3.05) is 6.61 Å². The third-order valence-electron chi connectivity index (χ3n) is 2.12. The first-order valence-electron chi connectivity index (χ1n) is 4.87. The number of aryl methyl sites for hydroxylation is 1. The molecule has 0 aliphatic rings. The molecule has 0 radical (unpaired) electrons. The number of aliphatic hydroxyl groups is 1. The van der Waals surface area contributed by atoms with E-state index in [2.05, 4.69) is 15.9 Å². The van der Waals surface area contributed by atoms with Crippen LogP contribution in [0.3, 0.4) is 0 Å². The maximum absolute atomic E-state index is 9.25. The Hall–Kier alpha value is -0.510. The first-order chi connectivity index (χ1) is 7.58. The molecule has 0 saturated carbocycles. The fourth-order valence-electron chi connectivity index (χ4n) is 1.34. The Morgan fingerprint density at radius 2 is 2.25 bits per heavy atom. The van der Waals surface area contributed by atoms with Crippen molar-refractivity contribution >= 4 is 27.5 Å². The minimum Gasteiger partial charge on any atom is -0.489 e. The molecule has 0 amide bonds. The third-order valence-corrected chi connectivity index (χ3v) is 2.95. The third kappa shape index (κ3) is 3.51. The molecule has 0 aliphatic heterocycles. The Morgan fingerprint density at radius 1 is 1.56 bits per heavy atom. The number of rotatable bonds is 4. The minimum atomic E-state index is -0.0424. The van der Waals surface area contributed by atoms with Gasteiger partial charge in [-0.3, -0.25) is 0 Å². The van der Waals surface area contributed by atoms with Crippen LogP contribution >= 0.6 is 27.5 Å². The van der Waals surface area contributed by atoms with Crippen LogP contribution in [0.1, 0.15) is 18.1 Å². The van der Waals surface area contributed by atoms with Crippen molar-refractivity contribution in [1.82, 2.24) is 0 Å². The van der Waals surface area contributed by atoms with Crippen LogP contribution in [0.15, 0.2) is 27.7 Å². The highest BCUT2D eigenvalue weighted by atomic mass is 79.9. The Labute approximate surface area is 109 Å². The zero-order valence-corrected chi connectivity index (χ0v) is 11.6. The molecule has 0 aliphatic carbocycles. The van der Waals surface area contributed by atoms with Crippen molar-refractivity contribution < 1.29 is 9.84 Å². The van der Waals surface area contributed by atoms with E-state index >= 15 is 0 Å². The smallest absolute Gasteiger partial charge is 0.128 e. The lowest BCUT2D eigenvalue weighted by Crippen LogP contribution is -2.03. The molecule has 0 aromatic heterocycles. The molecule has 0 fully saturated rings. The zero-order valence-electron chi connectivity index (χ0n) is 9.26. The largest absolute Gasteiger partial charge is 0.489 e. The second-order valence-electron chi connectivity index (χ2n) is 3.61. The Bertz CT molecular complexity index is 402. The van der Waals surface area contributed by atoms with Gasteiger partial charge in [-0.1, -0.05) is 27.5 Å². The van der Waals surface area contributed by atoms with Crippen molar-refractivity contribution in [3.8, 4) is 5.75 Å². The quantitative estimate of drug-likeness (QED) is 0.917. The first-order valence-corrected chi connectivity index (χ1v) is 6.10. The predicted octanol–water partition coefficient (Wildman–Crippen LogP) is 3.77. The lowest BCUT2D eigenvalue weighted by atomic mass is 10.1. The molecule has 1 rings (SSSR count). The number of hydrogen-bond donors (Lipinski definition) is 1. The van der Waals surface area contributed by atoms with E-state index in [1.807, 2.05) is 26.0 Å². The van der Waals surface area contributed by atoms with Gasteiger partial charge in [0.05, 0.1) is 6.61 Å². The van der Waals surface area contributed by atoms with Crippen LogP contribution in [0, 0.1) is 6.92 Å². The Balaban J connectivity index is 2.94. The molecule has 0 spiro atoms. The van der Waals surface area contributed by atoms with Gasteiger partial charge in [0, 0.05) is 15.6 Å². The minimum absolute atomic E-state index is 0.0424. The van der Waals surface area contributed by atoms with E-state index in [1.54, 1.807) is 0 Å². The summed E-state index contributed by atoms with van der Waals surface area (Å²) in [5.74, 6) is 0.726. The van der Waals surface area contributed by atoms with E-state index in [-0.39, 0.29) is 6.61 Å². The average Bonchev–Trinajstić information content (AvgIpc) is 2.26. The molecule has 0 heterocycles. The molecular weight excluding hydrogens is 291 g/mol. The maximum atomic E-state index is 9.25. The fraction of sp³-hybridized carbons (Fsp3) is 0.333. The second-order valence-corrected chi connectivity index (χ2v) is 4.75. The SMILES string of the molecule is CC(=CCl)COc1c(C)cc(Br)cc1CO. The van der Waals surface area contributed by atoms with Crippen LogP contribution in [0.5, 0.6) is 5.75 Å². The number of aliphatic hydroxyl groups excluding tert-OH is 1. The van der Waals surface area contributed by atoms with Gasteiger partial charge in [0.2, 0.25) is 0 Å². The van der Waals surface area contributed by atoms with E-state index in [4.69, 9.17) is 16.3 Å². The van der Waals surface area contributed by atoms with E-state index in [0.717, 1.165) is 26.9 Å². The monoisotopic (exact) mass is 304 g/mol. The lowest BCUT2D eigenvalue weighted by molar-refractivity contribution is 0.268. The van der Waals surface area contributed by atoms with Crippen molar-refractivity contribution in [2.45, 2.75) is 20.5 Å². The van der Waals surface area contributed by atoms with Gasteiger partial charge in [-0.15, -0.1) is 0 Å². The summed E-state index contributed by atoms with van der Waals surface area (Å²) in [4.78, 5) is 0. The summed E-state index contributed by atoms with van der Waals surface area (Å²) >= 11 is 8.94. The van der Waals surface area contributed by atoms with Crippen LogP contribution in [0.25, 0.3) is 0 Å². The lowest BCUT2D eigenvalue weighted by Gasteiger charge is -2.13. The molecule has 2 nitrogen and oxygen atoms in total. The van der Waals surface area contributed by atoms with Crippen LogP contribution in [0.2, 0.25) is 0 Å². The second kappa shape index (κ2) is 6.28. The molecule has 0 saturated heterocycles. The summed E-state index contributed by atoms with van der Waals surface area (Å²) < 4.78 is 6.57. The van der Waals surface area contributed by atoms with Gasteiger partial charge in [-0.05, 0) is 37.1 Å². The molecule has 1 aromatic carbocycles. The number of ether oxygens (including phenoxy) is 1. The van der Waals surface area contributed by atoms with Crippen LogP contribution < -0.4 is 4.74 Å². The summed E-state index contributed by atoms with van der Waals surface area (Å²) in [6.07, 6.45) is 0. The molecule has 0 bridgehead atoms. The summed E-state index contributed by atoms with van der Waals surface area (Å²) in [5, 5.41) is 9.25. The average molecular weight is 306 g/mol. The van der Waals surface area contributed by atoms with Gasteiger partial charge in [-0.2, -0.15) is 0 Å². The highest BCUT2D eigenvalue weighted by Crippen LogP contribution is 2.28. The molecule has 1 N–H and O–H groups in total. The molecule has 0 atom stereocenters. The molecule has 1 aromatic rings. The Kier molecular flexibility index (Phi) is 5.32. The standard InChI is InChI=1S/C12H14BrClO2/c1-8(5-14)7-16-12-9(2)3-11(13)4-10(12)6-15/h3-5,15H,6-7H2,1-2H3. The summed E-state index contributed by atoms with van der Waals surface area (Å²) in [6, 6.07) is 3.80. The number of benzene rings is 1. The van der Waals surface area contributed by atoms with Crippen LogP contribution in [-0.4, -0.2) is 11.7 Å². The van der Waals surface area contributed by atoms with Crippen LogP contribution in [0.4, 0.5) is 0 Å². The van der Waals surface area contributed by atoms with Crippen molar-refractivity contribution in [1.29, 1.82) is 0 Å². The molecule has 88 valence electrons. The van der Waals surface area contributed by atoms with E-state index in [0.29, 0.717) is 6.61 Å². The van der Waals surface area contributed by atoms with Crippen LogP contribution in [-0.2, 0) is 6.61 Å². The van der Waals surface area contributed by atoms with Gasteiger partial charge >= 0.3 is 0 Å². The summed E-state index contributed by atoms with van der Waals surface area (Å²) in [7, 11) is 0. The predicted molar refractivity (Wildman–Crippen MR) is 69.9 cm³/mol.